The van der Waals surface area contributed by atoms with Crippen molar-refractivity contribution >= 4 is 17.7 Å². The van der Waals surface area contributed by atoms with Gasteiger partial charge in [-0.3, -0.25) is 0 Å². The lowest BCUT2D eigenvalue weighted by Gasteiger charge is -2.10. The molecule has 0 aliphatic heterocycles. The van der Waals surface area contributed by atoms with Gasteiger partial charge in [-0.1, -0.05) is 30.3 Å². The van der Waals surface area contributed by atoms with E-state index in [1.807, 2.05) is 0 Å². The van der Waals surface area contributed by atoms with Crippen LogP contribution in [0.3, 0.4) is 0 Å². The molecule has 0 bridgehead atoms. The van der Waals surface area contributed by atoms with E-state index in [9.17, 15) is 13.2 Å². The third-order valence-electron chi connectivity index (χ3n) is 1.42. The molecule has 0 saturated carbocycles. The summed E-state index contributed by atoms with van der Waals surface area (Å²) in [4.78, 5) is 0. The Morgan fingerprint density at radius 3 is 2.43 bits per heavy atom. The van der Waals surface area contributed by atoms with Crippen LogP contribution < -0.4 is 4.74 Å². The molecule has 1 nitrogen and oxygen atoms in total. The molecule has 0 spiro atoms. The molecule has 0 unspecified atom stereocenters. The first-order chi connectivity index (χ1) is 6.42. The van der Waals surface area contributed by atoms with E-state index in [0.29, 0.717) is 5.56 Å². The number of halogens is 4. The summed E-state index contributed by atoms with van der Waals surface area (Å²) in [5.74, 6) is -0.412. The average Bonchev–Trinajstić information content (AvgIpc) is 2.06. The van der Waals surface area contributed by atoms with Crippen LogP contribution in [0.5, 0.6) is 5.75 Å². The maximum absolute atomic E-state index is 11.8. The first kappa shape index (κ1) is 10.9. The molecule has 0 atom stereocenters. The molecule has 0 amide bonds. The maximum Gasteiger partial charge on any atom is 0.573 e. The predicted octanol–water partition coefficient (Wildman–Crippen LogP) is 3.88. The van der Waals surface area contributed by atoms with Crippen molar-refractivity contribution in [2.75, 3.05) is 0 Å². The fourth-order valence-corrected chi connectivity index (χ4v) is 1.08. The third-order valence-corrected chi connectivity index (χ3v) is 1.71. The molecule has 0 radical (unpaired) electrons. The van der Waals surface area contributed by atoms with Gasteiger partial charge in [0.15, 0.2) is 0 Å². The van der Waals surface area contributed by atoms with Crippen LogP contribution >= 0.6 is 11.6 Å². The summed E-state index contributed by atoms with van der Waals surface area (Å²) in [6.07, 6.45) is -3.25. The quantitative estimate of drug-likeness (QED) is 0.738. The number of ether oxygens (including phenoxy) is 1. The summed E-state index contributed by atoms with van der Waals surface area (Å²) in [5.41, 5.74) is 0.629. The fraction of sp³-hybridized carbons (Fsp3) is 0.111. The van der Waals surface area contributed by atoms with Gasteiger partial charge >= 0.3 is 6.36 Å². The van der Waals surface area contributed by atoms with E-state index in [2.05, 4.69) is 11.3 Å². The van der Waals surface area contributed by atoms with Crippen molar-refractivity contribution in [3.05, 3.63) is 35.4 Å². The van der Waals surface area contributed by atoms with Gasteiger partial charge in [0.05, 0.1) is 5.02 Å². The Balaban J connectivity index is 2.95. The van der Waals surface area contributed by atoms with Crippen LogP contribution in [-0.4, -0.2) is 6.36 Å². The van der Waals surface area contributed by atoms with Crippen LogP contribution in [-0.2, 0) is 0 Å². The first-order valence-electron chi connectivity index (χ1n) is 3.60. The Labute approximate surface area is 83.8 Å². The Bertz CT molecular complexity index is 346. The summed E-state index contributed by atoms with van der Waals surface area (Å²) < 4.78 is 39.1. The molecule has 0 aliphatic carbocycles. The van der Waals surface area contributed by atoms with Crippen molar-refractivity contribution < 1.29 is 17.9 Å². The Kier molecular flexibility index (Phi) is 3.06. The normalized spacial score (nSPS) is 11.1. The molecule has 76 valence electrons. The Hall–Kier alpha value is -1.16. The van der Waals surface area contributed by atoms with Gasteiger partial charge in [0.25, 0.3) is 0 Å². The van der Waals surface area contributed by atoms with E-state index in [4.69, 9.17) is 11.6 Å². The molecule has 1 aromatic rings. The highest BCUT2D eigenvalue weighted by Crippen LogP contribution is 2.30. The number of rotatable bonds is 2. The second-order valence-corrected chi connectivity index (χ2v) is 2.85. The van der Waals surface area contributed by atoms with Gasteiger partial charge in [-0.05, 0) is 17.7 Å². The third kappa shape index (κ3) is 2.96. The van der Waals surface area contributed by atoms with Crippen molar-refractivity contribution in [1.29, 1.82) is 0 Å². The second-order valence-electron chi connectivity index (χ2n) is 2.44. The number of hydrogen-bond donors (Lipinski definition) is 0. The average molecular weight is 223 g/mol. The zero-order chi connectivity index (χ0) is 10.8. The number of hydrogen-bond acceptors (Lipinski definition) is 1. The zero-order valence-corrected chi connectivity index (χ0v) is 7.69. The van der Waals surface area contributed by atoms with Gasteiger partial charge in [0.2, 0.25) is 0 Å². The van der Waals surface area contributed by atoms with Gasteiger partial charge < -0.3 is 4.74 Å². The molecule has 0 fully saturated rings. The molecule has 0 aromatic heterocycles. The molecule has 0 heterocycles. The van der Waals surface area contributed by atoms with Crippen molar-refractivity contribution in [3.8, 4) is 5.75 Å². The Morgan fingerprint density at radius 1 is 1.36 bits per heavy atom. The lowest BCUT2D eigenvalue weighted by atomic mass is 10.2. The molecule has 14 heavy (non-hydrogen) atoms. The summed E-state index contributed by atoms with van der Waals surface area (Å²) in [6.45, 7) is 3.45. The zero-order valence-electron chi connectivity index (χ0n) is 6.94. The van der Waals surface area contributed by atoms with E-state index < -0.39 is 12.1 Å². The van der Waals surface area contributed by atoms with Gasteiger partial charge in [-0.15, -0.1) is 13.2 Å². The van der Waals surface area contributed by atoms with Crippen LogP contribution in [0.2, 0.25) is 5.02 Å². The largest absolute Gasteiger partial charge is 0.573 e. The molecule has 0 saturated heterocycles. The lowest BCUT2D eigenvalue weighted by molar-refractivity contribution is -0.274. The summed E-state index contributed by atoms with van der Waals surface area (Å²) in [7, 11) is 0. The minimum absolute atomic E-state index is 0.0975. The van der Waals surface area contributed by atoms with Crippen molar-refractivity contribution in [2.24, 2.45) is 0 Å². The molecule has 1 rings (SSSR count). The van der Waals surface area contributed by atoms with Crippen molar-refractivity contribution in [1.82, 2.24) is 0 Å². The van der Waals surface area contributed by atoms with E-state index in [-0.39, 0.29) is 5.02 Å². The number of alkyl halides is 3. The molecule has 0 aliphatic rings. The smallest absolute Gasteiger partial charge is 0.404 e. The van der Waals surface area contributed by atoms with Gasteiger partial charge in [0, 0.05) is 0 Å². The van der Waals surface area contributed by atoms with Crippen LogP contribution in [0.25, 0.3) is 6.08 Å². The van der Waals surface area contributed by atoms with Crippen LogP contribution in [0.4, 0.5) is 13.2 Å². The molecule has 1 aromatic carbocycles. The van der Waals surface area contributed by atoms with Crippen LogP contribution in [0.15, 0.2) is 24.8 Å². The highest BCUT2D eigenvalue weighted by atomic mass is 35.5. The highest BCUT2D eigenvalue weighted by molar-refractivity contribution is 6.32. The molecule has 5 heteroatoms. The van der Waals surface area contributed by atoms with Crippen LogP contribution in [0, 0.1) is 0 Å². The minimum Gasteiger partial charge on any atom is -0.404 e. The summed E-state index contributed by atoms with van der Waals surface area (Å²) >= 11 is 5.54. The molecular formula is C9H6ClF3O. The standard InChI is InChI=1S/C9H6ClF3O/c1-2-6-3-4-8(7(10)5-6)14-9(11,12)13/h2-5H,1H2. The topological polar surface area (TPSA) is 9.23 Å². The molecular weight excluding hydrogens is 217 g/mol. The van der Waals surface area contributed by atoms with Gasteiger partial charge in [-0.2, -0.15) is 0 Å². The number of benzene rings is 1. The van der Waals surface area contributed by atoms with E-state index in [1.165, 1.54) is 18.2 Å². The monoisotopic (exact) mass is 222 g/mol. The first-order valence-corrected chi connectivity index (χ1v) is 3.98. The second kappa shape index (κ2) is 3.92. The Morgan fingerprint density at radius 2 is 2.00 bits per heavy atom. The minimum atomic E-state index is -4.72. The molecule has 0 N–H and O–H groups in total. The highest BCUT2D eigenvalue weighted by Gasteiger charge is 2.31. The SMILES string of the molecule is C=Cc1ccc(OC(F)(F)F)c(Cl)c1. The van der Waals surface area contributed by atoms with Crippen LogP contribution in [0.1, 0.15) is 5.56 Å². The summed E-state index contributed by atoms with van der Waals surface area (Å²) in [6, 6.07) is 3.92. The van der Waals surface area contributed by atoms with E-state index >= 15 is 0 Å². The van der Waals surface area contributed by atoms with E-state index in [0.717, 1.165) is 6.07 Å². The predicted molar refractivity (Wildman–Crippen MR) is 48.2 cm³/mol. The van der Waals surface area contributed by atoms with Crippen molar-refractivity contribution in [3.63, 3.8) is 0 Å². The lowest BCUT2D eigenvalue weighted by Crippen LogP contribution is -2.17. The summed E-state index contributed by atoms with van der Waals surface area (Å²) in [5, 5.41) is -0.0975. The maximum atomic E-state index is 11.8. The van der Waals surface area contributed by atoms with E-state index in [1.54, 1.807) is 0 Å². The van der Waals surface area contributed by atoms with Gasteiger partial charge in [-0.25, -0.2) is 0 Å². The van der Waals surface area contributed by atoms with Gasteiger partial charge in [0.1, 0.15) is 5.75 Å². The van der Waals surface area contributed by atoms with Crippen molar-refractivity contribution in [2.45, 2.75) is 6.36 Å². The fourth-order valence-electron chi connectivity index (χ4n) is 0.852.